The molecule has 4 rings (SSSR count). The maximum absolute atomic E-state index is 5.82. The van der Waals surface area contributed by atoms with Gasteiger partial charge in [-0.1, -0.05) is 17.7 Å². The van der Waals surface area contributed by atoms with E-state index in [0.29, 0.717) is 18.3 Å². The summed E-state index contributed by atoms with van der Waals surface area (Å²) in [7, 11) is 0. The first-order chi connectivity index (χ1) is 12.3. The third-order valence-electron chi connectivity index (χ3n) is 4.33. The van der Waals surface area contributed by atoms with Crippen LogP contribution >= 0.6 is 0 Å². The molecule has 7 heteroatoms. The van der Waals surface area contributed by atoms with E-state index < -0.39 is 0 Å². The molecule has 0 saturated carbocycles. The summed E-state index contributed by atoms with van der Waals surface area (Å²) in [5, 5.41) is 8.36. The van der Waals surface area contributed by atoms with Crippen LogP contribution in [0.15, 0.2) is 47.1 Å². The van der Waals surface area contributed by atoms with Crippen molar-refractivity contribution >= 4 is 5.95 Å². The highest BCUT2D eigenvalue weighted by atomic mass is 16.4. The number of aromatic nitrogens is 4. The van der Waals surface area contributed by atoms with Crippen molar-refractivity contribution in [3.8, 4) is 11.5 Å². The largest absolute Gasteiger partial charge is 0.419 e. The van der Waals surface area contributed by atoms with Crippen molar-refractivity contribution in [1.82, 2.24) is 25.1 Å². The molecule has 3 heterocycles. The van der Waals surface area contributed by atoms with E-state index >= 15 is 0 Å². The molecule has 1 fully saturated rings. The molecule has 3 aromatic rings. The molecule has 0 N–H and O–H groups in total. The Labute approximate surface area is 146 Å². The molecule has 1 saturated heterocycles. The van der Waals surface area contributed by atoms with Gasteiger partial charge in [-0.3, -0.25) is 4.90 Å². The highest BCUT2D eigenvalue weighted by Crippen LogP contribution is 2.19. The molecule has 0 unspecified atom stereocenters. The normalized spacial score (nSPS) is 15.5. The summed E-state index contributed by atoms with van der Waals surface area (Å²) < 4.78 is 5.82. The molecule has 0 amide bonds. The predicted octanol–water partition coefficient (Wildman–Crippen LogP) is 2.16. The van der Waals surface area contributed by atoms with Crippen LogP contribution in [0.25, 0.3) is 11.5 Å². The first-order valence-electron chi connectivity index (χ1n) is 8.42. The monoisotopic (exact) mass is 336 g/mol. The molecule has 1 aromatic carbocycles. The smallest absolute Gasteiger partial charge is 0.247 e. The lowest BCUT2D eigenvalue weighted by atomic mass is 10.1. The number of benzene rings is 1. The summed E-state index contributed by atoms with van der Waals surface area (Å²) in [6.45, 7) is 6.35. The Morgan fingerprint density at radius 3 is 2.40 bits per heavy atom. The van der Waals surface area contributed by atoms with Gasteiger partial charge in [0.15, 0.2) is 0 Å². The van der Waals surface area contributed by atoms with E-state index in [-0.39, 0.29) is 0 Å². The van der Waals surface area contributed by atoms with Gasteiger partial charge in [-0.25, -0.2) is 9.97 Å². The van der Waals surface area contributed by atoms with Gasteiger partial charge in [-0.05, 0) is 25.1 Å². The standard InChI is InChI=1S/C18H20N6O/c1-14-3-5-15(6-4-14)17-22-21-16(25-17)13-23-9-11-24(12-10-23)18-19-7-2-8-20-18/h2-8H,9-13H2,1H3. The van der Waals surface area contributed by atoms with Crippen LogP contribution in [0.5, 0.6) is 0 Å². The number of hydrogen-bond acceptors (Lipinski definition) is 7. The van der Waals surface area contributed by atoms with Crippen molar-refractivity contribution in [3.63, 3.8) is 0 Å². The topological polar surface area (TPSA) is 71.2 Å². The van der Waals surface area contributed by atoms with Crippen LogP contribution in [0.1, 0.15) is 11.5 Å². The maximum atomic E-state index is 5.82. The van der Waals surface area contributed by atoms with Crippen molar-refractivity contribution in [3.05, 3.63) is 54.2 Å². The fourth-order valence-corrected chi connectivity index (χ4v) is 2.88. The second-order valence-corrected chi connectivity index (χ2v) is 6.18. The molecule has 0 radical (unpaired) electrons. The van der Waals surface area contributed by atoms with Gasteiger partial charge in [0, 0.05) is 44.1 Å². The van der Waals surface area contributed by atoms with E-state index in [2.05, 4.69) is 36.9 Å². The van der Waals surface area contributed by atoms with Gasteiger partial charge < -0.3 is 9.32 Å². The maximum Gasteiger partial charge on any atom is 0.247 e. The SMILES string of the molecule is Cc1ccc(-c2nnc(CN3CCN(c4ncccn4)CC3)o2)cc1. The van der Waals surface area contributed by atoms with Crippen molar-refractivity contribution in [2.75, 3.05) is 31.1 Å². The summed E-state index contributed by atoms with van der Waals surface area (Å²) in [6, 6.07) is 9.94. The third kappa shape index (κ3) is 3.66. The quantitative estimate of drug-likeness (QED) is 0.723. The molecule has 0 spiro atoms. The summed E-state index contributed by atoms with van der Waals surface area (Å²) in [5.41, 5.74) is 2.17. The van der Waals surface area contributed by atoms with E-state index in [9.17, 15) is 0 Å². The van der Waals surface area contributed by atoms with Gasteiger partial charge >= 0.3 is 0 Å². The van der Waals surface area contributed by atoms with Crippen LogP contribution in [-0.2, 0) is 6.54 Å². The molecular weight excluding hydrogens is 316 g/mol. The lowest BCUT2D eigenvalue weighted by Crippen LogP contribution is -2.46. The van der Waals surface area contributed by atoms with Crippen LogP contribution in [0.4, 0.5) is 5.95 Å². The summed E-state index contributed by atoms with van der Waals surface area (Å²) in [6.07, 6.45) is 3.56. The van der Waals surface area contributed by atoms with Gasteiger partial charge in [0.25, 0.3) is 0 Å². The van der Waals surface area contributed by atoms with E-state index in [0.717, 1.165) is 37.7 Å². The molecular formula is C18H20N6O. The number of aryl methyl sites for hydroxylation is 1. The Hall–Kier alpha value is -2.80. The van der Waals surface area contributed by atoms with Crippen LogP contribution in [0.3, 0.4) is 0 Å². The summed E-state index contributed by atoms with van der Waals surface area (Å²) in [4.78, 5) is 13.1. The van der Waals surface area contributed by atoms with Gasteiger partial charge in [-0.2, -0.15) is 0 Å². The fourth-order valence-electron chi connectivity index (χ4n) is 2.88. The Bertz CT molecular complexity index is 809. The van der Waals surface area contributed by atoms with Gasteiger partial charge in [-0.15, -0.1) is 10.2 Å². The highest BCUT2D eigenvalue weighted by molar-refractivity contribution is 5.52. The van der Waals surface area contributed by atoms with Crippen LogP contribution in [-0.4, -0.2) is 51.2 Å². The second-order valence-electron chi connectivity index (χ2n) is 6.18. The summed E-state index contributed by atoms with van der Waals surface area (Å²) >= 11 is 0. The lowest BCUT2D eigenvalue weighted by molar-refractivity contribution is 0.226. The van der Waals surface area contributed by atoms with Crippen LogP contribution < -0.4 is 4.90 Å². The van der Waals surface area contributed by atoms with E-state index in [4.69, 9.17) is 4.42 Å². The Balaban J connectivity index is 1.35. The number of hydrogen-bond donors (Lipinski definition) is 0. The Morgan fingerprint density at radius 2 is 1.68 bits per heavy atom. The van der Waals surface area contributed by atoms with Crippen LogP contribution in [0, 0.1) is 6.92 Å². The first kappa shape index (κ1) is 15.7. The zero-order valence-corrected chi connectivity index (χ0v) is 14.2. The van der Waals surface area contributed by atoms with Crippen molar-refractivity contribution in [2.24, 2.45) is 0 Å². The van der Waals surface area contributed by atoms with E-state index in [1.54, 1.807) is 12.4 Å². The lowest BCUT2D eigenvalue weighted by Gasteiger charge is -2.33. The predicted molar refractivity (Wildman–Crippen MR) is 94.0 cm³/mol. The number of piperazine rings is 1. The minimum Gasteiger partial charge on any atom is -0.419 e. The minimum atomic E-state index is 0.575. The average molecular weight is 336 g/mol. The number of rotatable bonds is 4. The zero-order valence-electron chi connectivity index (χ0n) is 14.2. The first-order valence-corrected chi connectivity index (χ1v) is 8.42. The Morgan fingerprint density at radius 1 is 0.960 bits per heavy atom. The minimum absolute atomic E-state index is 0.575. The number of anilines is 1. The average Bonchev–Trinajstić information content (AvgIpc) is 3.12. The number of nitrogens with zero attached hydrogens (tertiary/aromatic N) is 6. The van der Waals surface area contributed by atoms with Gasteiger partial charge in [0.05, 0.1) is 6.54 Å². The second kappa shape index (κ2) is 6.98. The van der Waals surface area contributed by atoms with Crippen molar-refractivity contribution < 1.29 is 4.42 Å². The van der Waals surface area contributed by atoms with E-state index in [1.807, 2.05) is 30.3 Å². The van der Waals surface area contributed by atoms with Crippen LogP contribution in [0.2, 0.25) is 0 Å². The summed E-state index contributed by atoms with van der Waals surface area (Å²) in [5.74, 6) is 2.02. The molecule has 1 aliphatic heterocycles. The molecule has 128 valence electrons. The molecule has 0 aliphatic carbocycles. The highest BCUT2D eigenvalue weighted by Gasteiger charge is 2.20. The van der Waals surface area contributed by atoms with Gasteiger partial charge in [0.1, 0.15) is 0 Å². The third-order valence-corrected chi connectivity index (χ3v) is 4.33. The molecule has 1 aliphatic rings. The van der Waals surface area contributed by atoms with E-state index in [1.165, 1.54) is 5.56 Å². The molecule has 7 nitrogen and oxygen atoms in total. The zero-order chi connectivity index (χ0) is 17.1. The molecule has 2 aromatic heterocycles. The molecule has 0 atom stereocenters. The molecule has 0 bridgehead atoms. The Kier molecular flexibility index (Phi) is 4.39. The molecule has 25 heavy (non-hydrogen) atoms. The fraction of sp³-hybridized carbons (Fsp3) is 0.333. The van der Waals surface area contributed by atoms with Gasteiger partial charge in [0.2, 0.25) is 17.7 Å². The van der Waals surface area contributed by atoms with Crippen molar-refractivity contribution in [2.45, 2.75) is 13.5 Å². The van der Waals surface area contributed by atoms with Crippen molar-refractivity contribution in [1.29, 1.82) is 0 Å².